The topological polar surface area (TPSA) is 85.8 Å². The minimum absolute atomic E-state index is 0.0438. The van der Waals surface area contributed by atoms with E-state index in [9.17, 15) is 0 Å². The lowest BCUT2D eigenvalue weighted by atomic mass is 10.1. The van der Waals surface area contributed by atoms with Crippen LogP contribution in [-0.2, 0) is 6.42 Å². The minimum atomic E-state index is 0.0438. The van der Waals surface area contributed by atoms with Gasteiger partial charge in [0.15, 0.2) is 0 Å². The highest BCUT2D eigenvalue weighted by molar-refractivity contribution is 5.67. The van der Waals surface area contributed by atoms with Gasteiger partial charge < -0.3 is 20.4 Å². The highest BCUT2D eigenvalue weighted by Crippen LogP contribution is 2.30. The van der Waals surface area contributed by atoms with Gasteiger partial charge >= 0.3 is 0 Å². The van der Waals surface area contributed by atoms with Gasteiger partial charge in [0.25, 0.3) is 0 Å². The molecule has 1 aliphatic heterocycles. The number of ether oxygens (including phenoxy) is 1. The lowest BCUT2D eigenvalue weighted by Crippen LogP contribution is -2.40. The number of hydrogen-bond acceptors (Lipinski definition) is 5. The zero-order valence-electron chi connectivity index (χ0n) is 14.9. The minimum Gasteiger partial charge on any atom is -0.470 e. The van der Waals surface area contributed by atoms with Gasteiger partial charge in [0.05, 0.1) is 23.9 Å². The molecule has 0 saturated carbocycles. The van der Waals surface area contributed by atoms with Gasteiger partial charge in [0.2, 0.25) is 5.88 Å². The summed E-state index contributed by atoms with van der Waals surface area (Å²) in [4.78, 5) is 7.65. The first-order valence-corrected chi connectivity index (χ1v) is 9.06. The van der Waals surface area contributed by atoms with Crippen molar-refractivity contribution >= 4 is 5.69 Å². The third-order valence-electron chi connectivity index (χ3n) is 4.60. The van der Waals surface area contributed by atoms with Gasteiger partial charge in [0.1, 0.15) is 6.10 Å². The molecule has 3 aromatic rings. The van der Waals surface area contributed by atoms with Crippen molar-refractivity contribution in [3.05, 3.63) is 66.0 Å². The van der Waals surface area contributed by atoms with Gasteiger partial charge in [-0.2, -0.15) is 5.26 Å². The summed E-state index contributed by atoms with van der Waals surface area (Å²) >= 11 is 0. The summed E-state index contributed by atoms with van der Waals surface area (Å²) in [6.07, 6.45) is 4.69. The summed E-state index contributed by atoms with van der Waals surface area (Å²) in [6.45, 7) is 2.35. The maximum Gasteiger partial charge on any atom is 0.237 e. The first kappa shape index (κ1) is 17.1. The van der Waals surface area contributed by atoms with E-state index in [-0.39, 0.29) is 6.10 Å². The van der Waals surface area contributed by atoms with Gasteiger partial charge in [-0.15, -0.1) is 0 Å². The van der Waals surface area contributed by atoms with E-state index in [2.05, 4.69) is 32.7 Å². The molecular weight excluding hydrogens is 338 g/mol. The molecule has 1 unspecified atom stereocenters. The molecule has 3 heterocycles. The number of pyridine rings is 1. The van der Waals surface area contributed by atoms with E-state index < -0.39 is 0 Å². The Labute approximate surface area is 158 Å². The Bertz CT molecular complexity index is 928. The van der Waals surface area contributed by atoms with Crippen molar-refractivity contribution in [3.63, 3.8) is 0 Å². The van der Waals surface area contributed by atoms with Crippen molar-refractivity contribution in [2.75, 3.05) is 25.0 Å². The number of fused-ring (bicyclic) bond motifs is 1. The van der Waals surface area contributed by atoms with Crippen LogP contribution < -0.4 is 15.4 Å². The van der Waals surface area contributed by atoms with E-state index in [1.165, 1.54) is 5.56 Å². The average molecular weight is 359 g/mol. The molecule has 1 atom stereocenters. The van der Waals surface area contributed by atoms with Gasteiger partial charge in [0, 0.05) is 30.2 Å². The van der Waals surface area contributed by atoms with Gasteiger partial charge in [-0.1, -0.05) is 12.1 Å². The largest absolute Gasteiger partial charge is 0.470 e. The first-order chi connectivity index (χ1) is 13.3. The van der Waals surface area contributed by atoms with Crippen LogP contribution in [0.2, 0.25) is 0 Å². The Morgan fingerprint density at radius 3 is 2.93 bits per heavy atom. The molecule has 0 spiro atoms. The molecule has 0 fully saturated rings. The van der Waals surface area contributed by atoms with Crippen LogP contribution in [0.1, 0.15) is 11.1 Å². The van der Waals surface area contributed by atoms with Crippen LogP contribution in [-0.4, -0.2) is 35.7 Å². The van der Waals surface area contributed by atoms with Crippen molar-refractivity contribution in [2.45, 2.75) is 12.5 Å². The molecule has 2 aromatic heterocycles. The van der Waals surface area contributed by atoms with Crippen LogP contribution in [0.4, 0.5) is 5.69 Å². The van der Waals surface area contributed by atoms with Crippen molar-refractivity contribution in [2.24, 2.45) is 0 Å². The summed E-state index contributed by atoms with van der Waals surface area (Å²) in [7, 11) is 0. The molecule has 0 bridgehead atoms. The molecule has 6 heteroatoms. The molecule has 1 aliphatic rings. The van der Waals surface area contributed by atoms with Crippen molar-refractivity contribution in [3.8, 4) is 23.2 Å². The molecular formula is C21H21N5O. The second-order valence-corrected chi connectivity index (χ2v) is 6.54. The number of nitrogens with one attached hydrogen (secondary N) is 3. The maximum atomic E-state index is 8.83. The highest BCUT2D eigenvalue weighted by Gasteiger charge is 2.20. The molecule has 27 heavy (non-hydrogen) atoms. The van der Waals surface area contributed by atoms with Crippen LogP contribution in [0.25, 0.3) is 11.3 Å². The summed E-state index contributed by atoms with van der Waals surface area (Å²) in [5.41, 5.74) is 4.91. The Kier molecular flexibility index (Phi) is 5.04. The number of H-pyrrole nitrogens is 1. The van der Waals surface area contributed by atoms with Gasteiger partial charge in [-0.05, 0) is 48.9 Å². The summed E-state index contributed by atoms with van der Waals surface area (Å²) in [6, 6.07) is 15.9. The summed E-state index contributed by atoms with van der Waals surface area (Å²) in [5.74, 6) is 0.649. The third kappa shape index (κ3) is 4.10. The number of benzene rings is 1. The van der Waals surface area contributed by atoms with E-state index >= 15 is 0 Å². The molecule has 1 aromatic carbocycles. The molecule has 0 saturated heterocycles. The molecule has 3 N–H and O–H groups in total. The number of rotatable bonds is 6. The summed E-state index contributed by atoms with van der Waals surface area (Å²) < 4.78 is 6.00. The molecule has 0 amide bonds. The van der Waals surface area contributed by atoms with Crippen LogP contribution in [0.3, 0.4) is 0 Å². The van der Waals surface area contributed by atoms with E-state index in [0.717, 1.165) is 43.0 Å². The van der Waals surface area contributed by atoms with E-state index in [0.29, 0.717) is 11.4 Å². The molecule has 0 aliphatic carbocycles. The maximum absolute atomic E-state index is 8.83. The average Bonchev–Trinajstić information content (AvgIpc) is 3.26. The second-order valence-electron chi connectivity index (χ2n) is 6.54. The Morgan fingerprint density at radius 2 is 2.15 bits per heavy atom. The zero-order chi connectivity index (χ0) is 18.5. The highest BCUT2D eigenvalue weighted by atomic mass is 16.5. The fourth-order valence-corrected chi connectivity index (χ4v) is 3.11. The number of nitrogens with zero attached hydrogens (tertiary/aromatic N) is 2. The number of aromatic amines is 1. The lowest BCUT2D eigenvalue weighted by molar-refractivity contribution is 0.194. The molecule has 0 radical (unpaired) electrons. The van der Waals surface area contributed by atoms with E-state index in [4.69, 9.17) is 10.00 Å². The van der Waals surface area contributed by atoms with E-state index in [1.807, 2.05) is 48.8 Å². The summed E-state index contributed by atoms with van der Waals surface area (Å²) in [5, 5.41) is 15.7. The van der Waals surface area contributed by atoms with Crippen LogP contribution in [0.15, 0.2) is 54.9 Å². The fraction of sp³-hybridized carbons (Fsp3) is 0.238. The van der Waals surface area contributed by atoms with E-state index in [1.54, 1.807) is 0 Å². The monoisotopic (exact) mass is 359 g/mol. The Balaban J connectivity index is 1.26. The van der Waals surface area contributed by atoms with Crippen LogP contribution in [0.5, 0.6) is 5.88 Å². The first-order valence-electron chi connectivity index (χ1n) is 9.06. The van der Waals surface area contributed by atoms with Crippen molar-refractivity contribution < 1.29 is 4.74 Å². The zero-order valence-corrected chi connectivity index (χ0v) is 14.9. The lowest BCUT2D eigenvalue weighted by Gasteiger charge is -2.27. The molecule has 136 valence electrons. The number of aromatic nitrogens is 2. The molecule has 4 rings (SSSR count). The van der Waals surface area contributed by atoms with Crippen LogP contribution in [0, 0.1) is 11.3 Å². The predicted molar refractivity (Wildman–Crippen MR) is 105 cm³/mol. The predicted octanol–water partition coefficient (Wildman–Crippen LogP) is 2.95. The Morgan fingerprint density at radius 1 is 1.26 bits per heavy atom. The molecule has 6 nitrogen and oxygen atoms in total. The van der Waals surface area contributed by atoms with Crippen LogP contribution >= 0.6 is 0 Å². The van der Waals surface area contributed by atoms with Gasteiger partial charge in [-0.25, -0.2) is 4.98 Å². The van der Waals surface area contributed by atoms with Crippen molar-refractivity contribution in [1.29, 1.82) is 5.26 Å². The third-order valence-corrected chi connectivity index (χ3v) is 4.60. The number of anilines is 1. The Hall–Kier alpha value is -3.30. The standard InChI is InChI=1S/C21H21N5O/c22-11-16-5-3-15(4-6-16)7-9-23-13-18-14-25-20-10-17(12-26-21(20)27-18)19-2-1-8-24-19/h1-6,8,10,12,18,23-25H,7,9,13-14H2. The smallest absolute Gasteiger partial charge is 0.237 e. The normalized spacial score (nSPS) is 15.3. The number of hydrogen-bond donors (Lipinski definition) is 3. The SMILES string of the molecule is N#Cc1ccc(CCNCC2CNc3cc(-c4ccc[nH]4)cnc3O2)cc1. The number of nitriles is 1. The fourth-order valence-electron chi connectivity index (χ4n) is 3.11. The second kappa shape index (κ2) is 7.94. The van der Waals surface area contributed by atoms with Gasteiger partial charge in [-0.3, -0.25) is 0 Å². The van der Waals surface area contributed by atoms with Crippen molar-refractivity contribution in [1.82, 2.24) is 15.3 Å². The quantitative estimate of drug-likeness (QED) is 0.589.